The van der Waals surface area contributed by atoms with Gasteiger partial charge in [0.05, 0.1) is 10.6 Å². The van der Waals surface area contributed by atoms with Crippen molar-refractivity contribution in [1.29, 1.82) is 0 Å². The fourth-order valence-corrected chi connectivity index (χ4v) is 3.36. The van der Waals surface area contributed by atoms with Crippen LogP contribution in [-0.2, 0) is 4.79 Å². The van der Waals surface area contributed by atoms with Crippen LogP contribution in [0.3, 0.4) is 0 Å². The molecule has 0 spiro atoms. The van der Waals surface area contributed by atoms with Crippen LogP contribution < -0.4 is 10.6 Å². The highest BCUT2D eigenvalue weighted by Gasteiger charge is 2.26. The van der Waals surface area contributed by atoms with E-state index in [0.717, 1.165) is 0 Å². The van der Waals surface area contributed by atoms with Gasteiger partial charge in [0.1, 0.15) is 0 Å². The summed E-state index contributed by atoms with van der Waals surface area (Å²) in [6.07, 6.45) is 1.69. The molecule has 0 radical (unpaired) electrons. The maximum Gasteiger partial charge on any atom is 0.258 e. The van der Waals surface area contributed by atoms with Gasteiger partial charge in [-0.3, -0.25) is 19.7 Å². The zero-order chi connectivity index (χ0) is 20.4. The molecule has 3 aromatic rings. The van der Waals surface area contributed by atoms with Gasteiger partial charge in [-0.05, 0) is 47.5 Å². The largest absolute Gasteiger partial charge is 0.322 e. The van der Waals surface area contributed by atoms with Gasteiger partial charge < -0.3 is 5.32 Å². The topological polar surface area (TPSA) is 75.3 Å². The van der Waals surface area contributed by atoms with Crippen LogP contribution in [0.4, 0.5) is 5.69 Å². The van der Waals surface area contributed by atoms with Crippen LogP contribution >= 0.6 is 11.6 Å². The lowest BCUT2D eigenvalue weighted by Crippen LogP contribution is -2.36. The lowest BCUT2D eigenvalue weighted by atomic mass is 9.93. The molecule has 0 atom stereocenters. The third kappa shape index (κ3) is 3.81. The smallest absolute Gasteiger partial charge is 0.258 e. The van der Waals surface area contributed by atoms with Crippen LogP contribution in [0.1, 0.15) is 31.8 Å². The number of anilines is 1. The van der Waals surface area contributed by atoms with Gasteiger partial charge in [0.25, 0.3) is 17.7 Å². The first kappa shape index (κ1) is 18.7. The highest BCUT2D eigenvalue weighted by Crippen LogP contribution is 2.27. The fourth-order valence-electron chi connectivity index (χ4n) is 3.14. The first-order valence-electron chi connectivity index (χ1n) is 8.85. The number of carbonyl (C=O) groups excluding carboxylic acids is 3. The van der Waals surface area contributed by atoms with Crippen molar-refractivity contribution in [3.63, 3.8) is 0 Å². The number of hydrogen-bond acceptors (Lipinski definition) is 3. The van der Waals surface area contributed by atoms with E-state index < -0.39 is 11.8 Å². The molecule has 1 heterocycles. The number of nitrogens with one attached hydrogen (secondary N) is 2. The van der Waals surface area contributed by atoms with Gasteiger partial charge >= 0.3 is 0 Å². The lowest BCUT2D eigenvalue weighted by Gasteiger charge is -2.18. The molecule has 0 aliphatic carbocycles. The average Bonchev–Trinajstić information content (AvgIpc) is 2.72. The second kappa shape index (κ2) is 7.73. The minimum absolute atomic E-state index is 0.327. The van der Waals surface area contributed by atoms with Crippen molar-refractivity contribution < 1.29 is 14.4 Å². The normalized spacial score (nSPS) is 14.3. The Bertz CT molecular complexity index is 1180. The Labute approximate surface area is 172 Å². The highest BCUT2D eigenvalue weighted by molar-refractivity contribution is 6.35. The number of amides is 3. The molecular weight excluding hydrogens is 388 g/mol. The monoisotopic (exact) mass is 402 g/mol. The Morgan fingerprint density at radius 2 is 1.59 bits per heavy atom. The molecule has 3 amide bonds. The molecule has 5 nitrogen and oxygen atoms in total. The van der Waals surface area contributed by atoms with E-state index in [1.165, 1.54) is 0 Å². The Hall–Kier alpha value is -3.70. The summed E-state index contributed by atoms with van der Waals surface area (Å²) in [6, 6.07) is 20.8. The Morgan fingerprint density at radius 1 is 0.862 bits per heavy atom. The van der Waals surface area contributed by atoms with Crippen molar-refractivity contribution in [2.45, 2.75) is 0 Å². The maximum absolute atomic E-state index is 12.5. The van der Waals surface area contributed by atoms with Gasteiger partial charge in [-0.25, -0.2) is 0 Å². The summed E-state index contributed by atoms with van der Waals surface area (Å²) in [4.78, 5) is 36.9. The molecule has 0 saturated carbocycles. The van der Waals surface area contributed by atoms with Crippen LogP contribution in [0.25, 0.3) is 11.6 Å². The summed E-state index contributed by atoms with van der Waals surface area (Å²) < 4.78 is 0. The van der Waals surface area contributed by atoms with Gasteiger partial charge in [-0.1, -0.05) is 54.1 Å². The van der Waals surface area contributed by atoms with Gasteiger partial charge in [0, 0.05) is 16.8 Å². The molecule has 1 aliphatic heterocycles. The minimum Gasteiger partial charge on any atom is -0.322 e. The zero-order valence-corrected chi connectivity index (χ0v) is 15.9. The molecule has 3 aromatic carbocycles. The van der Waals surface area contributed by atoms with Gasteiger partial charge in [0.2, 0.25) is 0 Å². The van der Waals surface area contributed by atoms with Crippen molar-refractivity contribution in [1.82, 2.24) is 5.32 Å². The fraction of sp³-hybridized carbons (Fsp3) is 0. The molecule has 2 N–H and O–H groups in total. The molecule has 0 saturated heterocycles. The van der Waals surface area contributed by atoms with E-state index in [1.807, 2.05) is 6.07 Å². The summed E-state index contributed by atoms with van der Waals surface area (Å²) in [7, 11) is 0. The van der Waals surface area contributed by atoms with Crippen molar-refractivity contribution in [3.05, 3.63) is 100 Å². The molecule has 6 heteroatoms. The Kier molecular flexibility index (Phi) is 4.97. The summed E-state index contributed by atoms with van der Waals surface area (Å²) in [5.41, 5.74) is 3.04. The molecule has 0 aromatic heterocycles. The lowest BCUT2D eigenvalue weighted by molar-refractivity contribution is -0.114. The molecule has 0 unspecified atom stereocenters. The molecule has 29 heavy (non-hydrogen) atoms. The van der Waals surface area contributed by atoms with Crippen molar-refractivity contribution in [2.24, 2.45) is 0 Å². The van der Waals surface area contributed by atoms with Crippen LogP contribution in [0.5, 0.6) is 0 Å². The maximum atomic E-state index is 12.5. The second-order valence-electron chi connectivity index (χ2n) is 6.45. The predicted octanol–water partition coefficient (Wildman–Crippen LogP) is 4.40. The number of fused-ring (bicyclic) bond motifs is 1. The first-order chi connectivity index (χ1) is 14.0. The Morgan fingerprint density at radius 3 is 2.38 bits per heavy atom. The Balaban J connectivity index is 1.65. The van der Waals surface area contributed by atoms with Crippen LogP contribution in [0.2, 0.25) is 5.02 Å². The first-order valence-corrected chi connectivity index (χ1v) is 9.23. The van der Waals surface area contributed by atoms with E-state index in [9.17, 15) is 14.4 Å². The summed E-state index contributed by atoms with van der Waals surface area (Å²) in [5.74, 6) is -1.20. The highest BCUT2D eigenvalue weighted by atomic mass is 35.5. The minimum atomic E-state index is -0.459. The van der Waals surface area contributed by atoms with Gasteiger partial charge in [-0.2, -0.15) is 0 Å². The molecule has 0 bridgehead atoms. The number of rotatable bonds is 3. The molecule has 1 aliphatic rings. The van der Waals surface area contributed by atoms with Crippen LogP contribution in [0, 0.1) is 0 Å². The number of carbonyl (C=O) groups is 3. The third-order valence-corrected chi connectivity index (χ3v) is 4.84. The zero-order valence-electron chi connectivity index (χ0n) is 15.1. The summed E-state index contributed by atoms with van der Waals surface area (Å²) >= 11 is 6.08. The van der Waals surface area contributed by atoms with Crippen LogP contribution in [-0.4, -0.2) is 17.7 Å². The van der Waals surface area contributed by atoms with E-state index in [4.69, 9.17) is 11.6 Å². The van der Waals surface area contributed by atoms with Crippen molar-refractivity contribution >= 4 is 46.7 Å². The average molecular weight is 403 g/mol. The second-order valence-corrected chi connectivity index (χ2v) is 6.85. The number of benzene rings is 3. The number of hydrogen-bond donors (Lipinski definition) is 2. The van der Waals surface area contributed by atoms with Gasteiger partial charge in [0.15, 0.2) is 0 Å². The van der Waals surface area contributed by atoms with Crippen molar-refractivity contribution in [2.75, 3.05) is 5.32 Å². The molecular formula is C23H15ClN2O3. The van der Waals surface area contributed by atoms with E-state index in [-0.39, 0.29) is 5.91 Å². The van der Waals surface area contributed by atoms with E-state index >= 15 is 0 Å². The van der Waals surface area contributed by atoms with E-state index in [0.29, 0.717) is 38.5 Å². The van der Waals surface area contributed by atoms with E-state index in [2.05, 4.69) is 10.6 Å². The van der Waals surface area contributed by atoms with Gasteiger partial charge in [-0.15, -0.1) is 0 Å². The quantitative estimate of drug-likeness (QED) is 0.503. The molecule has 0 fully saturated rings. The third-order valence-electron chi connectivity index (χ3n) is 4.51. The summed E-state index contributed by atoms with van der Waals surface area (Å²) in [6.45, 7) is 0. The van der Waals surface area contributed by atoms with Crippen molar-refractivity contribution in [3.8, 4) is 0 Å². The number of imide groups is 1. The predicted molar refractivity (Wildman–Crippen MR) is 113 cm³/mol. The molecule has 142 valence electrons. The molecule has 4 rings (SSSR count). The van der Waals surface area contributed by atoms with Crippen LogP contribution in [0.15, 0.2) is 72.8 Å². The SMILES string of the molecule is O=C1NC(=O)c2ccccc2C1=Cc1cccc(NC(=O)c2ccccc2Cl)c1. The standard InChI is InChI=1S/C23H15ClN2O3/c24-20-11-4-3-10-18(20)22(28)25-15-7-5-6-14(12-15)13-19-16-8-1-2-9-17(16)21(27)26-23(19)29/h1-13H,(H,25,28)(H,26,27,29). The van der Waals surface area contributed by atoms with E-state index in [1.54, 1.807) is 72.8 Å². The summed E-state index contributed by atoms with van der Waals surface area (Å²) in [5, 5.41) is 5.52. The number of halogens is 1.